The van der Waals surface area contributed by atoms with E-state index >= 15 is 0 Å². The fourth-order valence-corrected chi connectivity index (χ4v) is 2.73. The van der Waals surface area contributed by atoms with Crippen molar-refractivity contribution in [1.82, 2.24) is 10.3 Å². The fourth-order valence-electron chi connectivity index (χ4n) is 2.55. The average molecular weight is 411 g/mol. The van der Waals surface area contributed by atoms with E-state index in [-0.39, 0.29) is 16.5 Å². The molecule has 0 bridgehead atoms. The monoisotopic (exact) mass is 410 g/mol. The maximum Gasteiger partial charge on any atom is 0.258 e. The first-order valence-corrected chi connectivity index (χ1v) is 9.48. The summed E-state index contributed by atoms with van der Waals surface area (Å²) in [6.07, 6.45) is 4.30. The molecule has 0 aliphatic heterocycles. The van der Waals surface area contributed by atoms with Crippen LogP contribution in [0.4, 0.5) is 10.1 Å². The molecule has 0 atom stereocenters. The number of pyridine rings is 1. The zero-order valence-electron chi connectivity index (χ0n) is 15.8. The summed E-state index contributed by atoms with van der Waals surface area (Å²) >= 11 is 5.79. The van der Waals surface area contributed by atoms with Crippen molar-refractivity contribution in [3.05, 3.63) is 94.5 Å². The summed E-state index contributed by atoms with van der Waals surface area (Å²) in [7, 11) is 0. The molecule has 0 aliphatic rings. The van der Waals surface area contributed by atoms with Crippen molar-refractivity contribution < 1.29 is 9.18 Å². The van der Waals surface area contributed by atoms with E-state index in [2.05, 4.69) is 27.5 Å². The number of benzene rings is 2. The van der Waals surface area contributed by atoms with Gasteiger partial charge in [0, 0.05) is 23.6 Å². The number of aromatic nitrogens is 1. The first-order chi connectivity index (χ1) is 14.0. The minimum Gasteiger partial charge on any atom is -0.326 e. The first-order valence-electron chi connectivity index (χ1n) is 9.11. The van der Waals surface area contributed by atoms with Crippen molar-refractivity contribution in [2.75, 3.05) is 5.32 Å². The number of hydrogen-bond acceptors (Lipinski definition) is 3. The molecule has 1 heterocycles. The lowest BCUT2D eigenvalue weighted by Crippen LogP contribution is -2.36. The topological polar surface area (TPSA) is 66.4 Å². The van der Waals surface area contributed by atoms with Gasteiger partial charge in [-0.2, -0.15) is 0 Å². The van der Waals surface area contributed by atoms with Gasteiger partial charge in [0.2, 0.25) is 5.96 Å². The molecule has 0 fully saturated rings. The van der Waals surface area contributed by atoms with Crippen LogP contribution in [0.15, 0.2) is 72.0 Å². The van der Waals surface area contributed by atoms with Crippen LogP contribution in [0.5, 0.6) is 0 Å². The highest BCUT2D eigenvalue weighted by atomic mass is 35.5. The van der Waals surface area contributed by atoms with E-state index in [1.165, 1.54) is 17.7 Å². The number of halogens is 2. The molecule has 0 spiro atoms. The summed E-state index contributed by atoms with van der Waals surface area (Å²) in [5, 5.41) is 5.74. The van der Waals surface area contributed by atoms with Gasteiger partial charge in [-0.3, -0.25) is 15.1 Å². The van der Waals surface area contributed by atoms with Gasteiger partial charge in [0.1, 0.15) is 5.82 Å². The number of hydrogen-bond donors (Lipinski definition) is 2. The lowest BCUT2D eigenvalue weighted by Gasteiger charge is -2.13. The smallest absolute Gasteiger partial charge is 0.258 e. The summed E-state index contributed by atoms with van der Waals surface area (Å²) in [5.74, 6) is -0.751. The molecule has 148 valence electrons. The molecule has 3 aromatic rings. The Morgan fingerprint density at radius 2 is 1.79 bits per heavy atom. The zero-order valence-corrected chi connectivity index (χ0v) is 16.6. The maximum atomic E-state index is 13.4. The van der Waals surface area contributed by atoms with E-state index in [1.807, 2.05) is 36.4 Å². The van der Waals surface area contributed by atoms with E-state index in [0.717, 1.165) is 23.7 Å². The molecule has 0 aliphatic carbocycles. The van der Waals surface area contributed by atoms with Crippen molar-refractivity contribution in [3.63, 3.8) is 0 Å². The third kappa shape index (κ3) is 5.86. The number of carbonyl (C=O) groups is 1. The Morgan fingerprint density at radius 1 is 1.07 bits per heavy atom. The molecule has 2 N–H and O–H groups in total. The summed E-state index contributed by atoms with van der Waals surface area (Å²) in [4.78, 5) is 21.1. The van der Waals surface area contributed by atoms with Crippen molar-refractivity contribution in [3.8, 4) is 0 Å². The predicted octanol–water partition coefficient (Wildman–Crippen LogP) is 4.83. The minimum atomic E-state index is -0.580. The van der Waals surface area contributed by atoms with Gasteiger partial charge in [-0.05, 0) is 60.0 Å². The molecule has 5 nitrogen and oxygen atoms in total. The number of aryl methyl sites for hydroxylation is 1. The number of rotatable bonds is 5. The summed E-state index contributed by atoms with van der Waals surface area (Å²) in [6, 6.07) is 15.3. The Morgan fingerprint density at radius 3 is 2.45 bits per heavy atom. The second-order valence-corrected chi connectivity index (χ2v) is 6.69. The van der Waals surface area contributed by atoms with E-state index in [1.54, 1.807) is 12.4 Å². The van der Waals surface area contributed by atoms with Crippen LogP contribution in [0.25, 0.3) is 0 Å². The van der Waals surface area contributed by atoms with E-state index in [9.17, 15) is 9.18 Å². The van der Waals surface area contributed by atoms with Gasteiger partial charge in [0.25, 0.3) is 5.91 Å². The van der Waals surface area contributed by atoms with E-state index < -0.39 is 11.7 Å². The molecule has 7 heteroatoms. The van der Waals surface area contributed by atoms with E-state index in [4.69, 9.17) is 11.6 Å². The maximum absolute atomic E-state index is 13.4. The van der Waals surface area contributed by atoms with Crippen LogP contribution in [0.1, 0.15) is 28.4 Å². The normalized spacial score (nSPS) is 11.2. The highest BCUT2D eigenvalue weighted by Crippen LogP contribution is 2.16. The molecular weight excluding hydrogens is 391 g/mol. The fraction of sp³-hybridized carbons (Fsp3) is 0.136. The SMILES string of the molecule is CCc1ccc(NC(=NCc2ccncc2)NC(=O)c2ccc(F)c(Cl)c2)cc1. The Bertz CT molecular complexity index is 1010. The van der Waals surface area contributed by atoms with Crippen molar-refractivity contribution in [2.45, 2.75) is 19.9 Å². The van der Waals surface area contributed by atoms with Gasteiger partial charge in [-0.15, -0.1) is 0 Å². The number of carbonyl (C=O) groups excluding carboxylic acids is 1. The number of anilines is 1. The van der Waals surface area contributed by atoms with Crippen LogP contribution in [-0.4, -0.2) is 16.9 Å². The standard InChI is InChI=1S/C22H20ClFN4O/c1-2-15-3-6-18(7-4-15)27-22(26-14-16-9-11-25-12-10-16)28-21(29)17-5-8-20(24)19(23)13-17/h3-13H,2,14H2,1H3,(H2,26,27,28,29). The Kier molecular flexibility index (Phi) is 6.92. The van der Waals surface area contributed by atoms with E-state index in [0.29, 0.717) is 6.54 Å². The third-order valence-corrected chi connectivity index (χ3v) is 4.50. The Hall–Kier alpha value is -3.25. The summed E-state index contributed by atoms with van der Waals surface area (Å²) in [5.41, 5.74) is 3.17. The molecular formula is C22H20ClFN4O. The summed E-state index contributed by atoms with van der Waals surface area (Å²) < 4.78 is 13.4. The summed E-state index contributed by atoms with van der Waals surface area (Å²) in [6.45, 7) is 2.43. The second kappa shape index (κ2) is 9.80. The zero-order chi connectivity index (χ0) is 20.6. The van der Waals surface area contributed by atoms with Gasteiger partial charge in [-0.25, -0.2) is 9.38 Å². The number of nitrogens with zero attached hydrogens (tertiary/aromatic N) is 2. The van der Waals surface area contributed by atoms with Crippen LogP contribution >= 0.6 is 11.6 Å². The number of nitrogens with one attached hydrogen (secondary N) is 2. The van der Waals surface area contributed by atoms with Gasteiger partial charge in [0.15, 0.2) is 0 Å². The van der Waals surface area contributed by atoms with Crippen molar-refractivity contribution >= 4 is 29.2 Å². The largest absolute Gasteiger partial charge is 0.326 e. The Balaban J connectivity index is 1.80. The lowest BCUT2D eigenvalue weighted by atomic mass is 10.1. The minimum absolute atomic E-state index is 0.115. The molecule has 29 heavy (non-hydrogen) atoms. The Labute approximate surface area is 173 Å². The molecule has 2 aromatic carbocycles. The highest BCUT2D eigenvalue weighted by Gasteiger charge is 2.12. The quantitative estimate of drug-likeness (QED) is 0.467. The average Bonchev–Trinajstić information content (AvgIpc) is 2.75. The van der Waals surface area contributed by atoms with Crippen LogP contribution in [-0.2, 0) is 13.0 Å². The van der Waals surface area contributed by atoms with Crippen LogP contribution in [0.3, 0.4) is 0 Å². The number of guanidine groups is 1. The predicted molar refractivity (Wildman–Crippen MR) is 114 cm³/mol. The highest BCUT2D eigenvalue weighted by molar-refractivity contribution is 6.31. The van der Waals surface area contributed by atoms with Gasteiger partial charge in [0.05, 0.1) is 11.6 Å². The lowest BCUT2D eigenvalue weighted by molar-refractivity contribution is 0.0977. The first kappa shape index (κ1) is 20.5. The number of amides is 1. The third-order valence-electron chi connectivity index (χ3n) is 4.21. The van der Waals surface area contributed by atoms with Crippen LogP contribution in [0, 0.1) is 5.82 Å². The van der Waals surface area contributed by atoms with Gasteiger partial charge < -0.3 is 5.32 Å². The van der Waals surface area contributed by atoms with Crippen LogP contribution < -0.4 is 10.6 Å². The molecule has 0 saturated carbocycles. The molecule has 0 unspecified atom stereocenters. The second-order valence-electron chi connectivity index (χ2n) is 6.28. The van der Waals surface area contributed by atoms with Crippen LogP contribution in [0.2, 0.25) is 5.02 Å². The molecule has 3 rings (SSSR count). The number of aliphatic imine (C=N–C) groups is 1. The molecule has 0 saturated heterocycles. The van der Waals surface area contributed by atoms with Crippen molar-refractivity contribution in [2.24, 2.45) is 4.99 Å². The molecule has 1 amide bonds. The van der Waals surface area contributed by atoms with Gasteiger partial charge in [-0.1, -0.05) is 30.7 Å². The van der Waals surface area contributed by atoms with Crippen molar-refractivity contribution in [1.29, 1.82) is 0 Å². The molecule has 0 radical (unpaired) electrons. The molecule has 1 aromatic heterocycles. The van der Waals surface area contributed by atoms with Gasteiger partial charge >= 0.3 is 0 Å².